The third kappa shape index (κ3) is 6.48. The molecular formula is C20H22N2O4STe. The second kappa shape index (κ2) is 9.87. The maximum absolute atomic E-state index is 12.3. The van der Waals surface area contributed by atoms with Gasteiger partial charge in [0.05, 0.1) is 0 Å². The van der Waals surface area contributed by atoms with Crippen LogP contribution in [0.15, 0.2) is 70.7 Å². The number of oxime groups is 1. The Hall–Kier alpha value is -2.14. The quantitative estimate of drug-likeness (QED) is 0.322. The summed E-state index contributed by atoms with van der Waals surface area (Å²) in [7, 11) is -0.558. The minimum absolute atomic E-state index is 0.0403. The van der Waals surface area contributed by atoms with Gasteiger partial charge in [-0.1, -0.05) is 0 Å². The first-order chi connectivity index (χ1) is 13.2. The fourth-order valence-electron chi connectivity index (χ4n) is 2.03. The van der Waals surface area contributed by atoms with Gasteiger partial charge in [-0.2, -0.15) is 0 Å². The number of hydrogen-bond donors (Lipinski definition) is 0. The molecule has 0 aromatic heterocycles. The normalized spacial score (nSPS) is 12.6. The van der Waals surface area contributed by atoms with Crippen molar-refractivity contribution in [1.29, 1.82) is 0 Å². The SMILES string of the molecule is CC(/C=C(\[Te]C(=O)N(C)C)c1ccccc1)=N/OS(=O)(=O)c1ccc(C)cc1. The molecule has 1 amide bonds. The Bertz CT molecular complexity index is 983. The average molecular weight is 514 g/mol. The van der Waals surface area contributed by atoms with Gasteiger partial charge in [0.15, 0.2) is 0 Å². The molecular weight excluding hydrogens is 492 g/mol. The van der Waals surface area contributed by atoms with E-state index in [9.17, 15) is 13.2 Å². The maximum atomic E-state index is 12.3. The summed E-state index contributed by atoms with van der Waals surface area (Å²) < 4.78 is 30.3. The molecule has 2 aromatic rings. The molecule has 0 aliphatic heterocycles. The van der Waals surface area contributed by atoms with E-state index >= 15 is 0 Å². The molecule has 0 aliphatic carbocycles. The van der Waals surface area contributed by atoms with E-state index in [0.717, 1.165) is 14.7 Å². The summed E-state index contributed by atoms with van der Waals surface area (Å²) in [4.78, 5) is 13.8. The van der Waals surface area contributed by atoms with Crippen molar-refractivity contribution in [3.05, 3.63) is 71.8 Å². The van der Waals surface area contributed by atoms with E-state index in [1.165, 1.54) is 12.1 Å². The predicted octanol–water partition coefficient (Wildman–Crippen LogP) is 3.50. The van der Waals surface area contributed by atoms with Crippen molar-refractivity contribution in [3.63, 3.8) is 0 Å². The van der Waals surface area contributed by atoms with E-state index in [2.05, 4.69) is 5.16 Å². The fourth-order valence-corrected chi connectivity index (χ4v) is 5.24. The van der Waals surface area contributed by atoms with E-state index in [-0.39, 0.29) is 8.85 Å². The van der Waals surface area contributed by atoms with Gasteiger partial charge in [-0.15, -0.1) is 0 Å². The van der Waals surface area contributed by atoms with Crippen LogP contribution in [0.2, 0.25) is 0 Å². The Morgan fingerprint density at radius 1 is 1.07 bits per heavy atom. The minimum atomic E-state index is -3.99. The van der Waals surface area contributed by atoms with Crippen LogP contribution >= 0.6 is 0 Å². The molecule has 0 radical (unpaired) electrons. The van der Waals surface area contributed by atoms with Gasteiger partial charge in [-0.25, -0.2) is 0 Å². The van der Waals surface area contributed by atoms with Gasteiger partial charge in [-0.05, 0) is 0 Å². The molecule has 0 atom stereocenters. The third-order valence-electron chi connectivity index (χ3n) is 3.55. The first-order valence-electron chi connectivity index (χ1n) is 8.40. The van der Waals surface area contributed by atoms with Gasteiger partial charge >= 0.3 is 177 Å². The van der Waals surface area contributed by atoms with Crippen LogP contribution in [0.1, 0.15) is 18.1 Å². The van der Waals surface area contributed by atoms with E-state index in [1.54, 1.807) is 44.1 Å². The van der Waals surface area contributed by atoms with Crippen molar-refractivity contribution in [2.75, 3.05) is 14.1 Å². The first-order valence-corrected chi connectivity index (χ1v) is 12.1. The second-order valence-corrected chi connectivity index (χ2v) is 10.6. The van der Waals surface area contributed by atoms with Crippen LogP contribution in [-0.4, -0.2) is 58.0 Å². The molecule has 0 saturated carbocycles. The second-order valence-electron chi connectivity index (χ2n) is 6.21. The van der Waals surface area contributed by atoms with Crippen LogP contribution in [-0.2, 0) is 14.4 Å². The molecule has 0 bridgehead atoms. The zero-order valence-electron chi connectivity index (χ0n) is 16.1. The van der Waals surface area contributed by atoms with Crippen molar-refractivity contribution in [3.8, 4) is 0 Å². The monoisotopic (exact) mass is 516 g/mol. The number of carbonyl (C=O) groups is 1. The summed E-state index contributed by atoms with van der Waals surface area (Å²) in [6.45, 7) is 3.51. The van der Waals surface area contributed by atoms with Gasteiger partial charge in [0.25, 0.3) is 0 Å². The Labute approximate surface area is 176 Å². The van der Waals surface area contributed by atoms with Crippen molar-refractivity contribution in [2.24, 2.45) is 5.16 Å². The topological polar surface area (TPSA) is 76.0 Å². The van der Waals surface area contributed by atoms with Gasteiger partial charge in [0.2, 0.25) is 0 Å². The summed E-state index contributed by atoms with van der Waals surface area (Å²) in [6, 6.07) is 15.8. The van der Waals surface area contributed by atoms with Crippen LogP contribution in [0.25, 0.3) is 3.62 Å². The number of benzene rings is 2. The van der Waals surface area contributed by atoms with E-state index in [1.807, 2.05) is 37.3 Å². The van der Waals surface area contributed by atoms with Gasteiger partial charge in [-0.3, -0.25) is 0 Å². The Morgan fingerprint density at radius 3 is 2.25 bits per heavy atom. The standard InChI is InChI=1S/C20H22N2O4STe/c1-15-10-12-18(13-11-15)27(24,25)26-21-16(2)14-19(28-20(23)22(3)4)17-8-6-5-7-9-17/h5-14H,1-4H3/b19-14-,21-16-. The van der Waals surface area contributed by atoms with Gasteiger partial charge < -0.3 is 0 Å². The number of carbonyl (C=O) groups excluding carboxylic acids is 1. The zero-order chi connectivity index (χ0) is 20.7. The number of amides is 1. The molecule has 0 spiro atoms. The Kier molecular flexibility index (Phi) is 7.81. The number of aryl methyl sites for hydroxylation is 1. The molecule has 28 heavy (non-hydrogen) atoms. The number of nitrogens with zero attached hydrogens (tertiary/aromatic N) is 2. The van der Waals surface area contributed by atoms with Gasteiger partial charge in [0, 0.05) is 0 Å². The summed E-state index contributed by atoms with van der Waals surface area (Å²) >= 11 is -1.19. The van der Waals surface area contributed by atoms with Gasteiger partial charge in [0.1, 0.15) is 0 Å². The van der Waals surface area contributed by atoms with Crippen LogP contribution in [0.5, 0.6) is 0 Å². The molecule has 2 rings (SSSR count). The molecule has 0 fully saturated rings. The average Bonchev–Trinajstić information content (AvgIpc) is 2.67. The summed E-state index contributed by atoms with van der Waals surface area (Å²) in [6.07, 6.45) is 1.71. The summed E-state index contributed by atoms with van der Waals surface area (Å²) in [5.74, 6) is 0. The molecule has 0 N–H and O–H groups in total. The summed E-state index contributed by atoms with van der Waals surface area (Å²) in [5.41, 5.74) is 2.23. The first kappa shape index (κ1) is 22.2. The van der Waals surface area contributed by atoms with Crippen LogP contribution < -0.4 is 0 Å². The van der Waals surface area contributed by atoms with Crippen molar-refractivity contribution in [2.45, 2.75) is 18.7 Å². The zero-order valence-corrected chi connectivity index (χ0v) is 19.3. The summed E-state index contributed by atoms with van der Waals surface area (Å²) in [5, 5.41) is 3.76. The predicted molar refractivity (Wildman–Crippen MR) is 112 cm³/mol. The number of hydrogen-bond acceptors (Lipinski definition) is 5. The van der Waals surface area contributed by atoms with E-state index < -0.39 is 31.0 Å². The van der Waals surface area contributed by atoms with Crippen LogP contribution in [0.4, 0.5) is 4.79 Å². The molecule has 6 nitrogen and oxygen atoms in total. The van der Waals surface area contributed by atoms with Crippen LogP contribution in [0.3, 0.4) is 0 Å². The van der Waals surface area contributed by atoms with Crippen LogP contribution in [0, 0.1) is 6.92 Å². The van der Waals surface area contributed by atoms with Crippen molar-refractivity contribution < 1.29 is 17.5 Å². The Morgan fingerprint density at radius 2 is 1.68 bits per heavy atom. The molecule has 0 unspecified atom stereocenters. The number of allylic oxidation sites excluding steroid dienone is 1. The molecule has 148 valence electrons. The van der Waals surface area contributed by atoms with Crippen molar-refractivity contribution >= 4 is 44.3 Å². The van der Waals surface area contributed by atoms with Crippen molar-refractivity contribution in [1.82, 2.24) is 4.90 Å². The Balaban J connectivity index is 2.26. The fraction of sp³-hybridized carbons (Fsp3) is 0.200. The molecule has 0 saturated heterocycles. The van der Waals surface area contributed by atoms with E-state index in [0.29, 0.717) is 5.71 Å². The molecule has 8 heteroatoms. The van der Waals surface area contributed by atoms with E-state index in [4.69, 9.17) is 4.28 Å². The molecule has 0 aliphatic rings. The molecule has 2 aromatic carbocycles. The third-order valence-corrected chi connectivity index (χ3v) is 7.85. The number of rotatable bonds is 7. The molecule has 0 heterocycles.